The van der Waals surface area contributed by atoms with Gasteiger partial charge in [0, 0.05) is 17.1 Å². The van der Waals surface area contributed by atoms with E-state index in [2.05, 4.69) is 53.5 Å². The Bertz CT molecular complexity index is 669. The molecule has 3 rings (SSSR count). The third-order valence-electron chi connectivity index (χ3n) is 4.11. The minimum absolute atomic E-state index is 0.202. The number of nitrogens with one attached hydrogen (secondary N) is 1. The number of fused-ring (bicyclic) bond motifs is 1. The van der Waals surface area contributed by atoms with Crippen molar-refractivity contribution in [2.75, 3.05) is 0 Å². The van der Waals surface area contributed by atoms with Crippen molar-refractivity contribution in [1.82, 2.24) is 4.98 Å². The quantitative estimate of drug-likeness (QED) is 0.710. The largest absolute Gasteiger partial charge is 0.393 e. The molecule has 2 aromatic carbocycles. The molecule has 0 aliphatic heterocycles. The topological polar surface area (TPSA) is 36.0 Å². The molecule has 0 bridgehead atoms. The Morgan fingerprint density at radius 3 is 2.43 bits per heavy atom. The Morgan fingerprint density at radius 2 is 1.71 bits per heavy atom. The van der Waals surface area contributed by atoms with E-state index in [-0.39, 0.29) is 12.0 Å². The first-order chi connectivity index (χ1) is 10.3. The number of aromatic amines is 1. The number of rotatable bonds is 5. The fraction of sp³-hybridized carbons (Fsp3) is 0.263. The number of aromatic nitrogens is 1. The number of aliphatic hydroxyl groups is 1. The summed E-state index contributed by atoms with van der Waals surface area (Å²) in [6, 6.07) is 20.9. The molecule has 3 aromatic rings. The number of hydrogen-bond acceptors (Lipinski definition) is 1. The van der Waals surface area contributed by atoms with E-state index in [1.165, 1.54) is 16.6 Å². The number of H-pyrrole nitrogens is 1. The van der Waals surface area contributed by atoms with Crippen LogP contribution >= 0.6 is 0 Å². The summed E-state index contributed by atoms with van der Waals surface area (Å²) in [5, 5.41) is 11.3. The minimum Gasteiger partial charge on any atom is -0.393 e. The molecule has 0 fully saturated rings. The Morgan fingerprint density at radius 1 is 1.00 bits per heavy atom. The first kappa shape index (κ1) is 13.9. The summed E-state index contributed by atoms with van der Waals surface area (Å²) in [7, 11) is 0. The maximum absolute atomic E-state index is 10.1. The molecule has 0 aliphatic rings. The summed E-state index contributed by atoms with van der Waals surface area (Å²) >= 11 is 0. The molecule has 0 saturated carbocycles. The van der Waals surface area contributed by atoms with Gasteiger partial charge in [-0.1, -0.05) is 55.5 Å². The van der Waals surface area contributed by atoms with Gasteiger partial charge in [-0.15, -0.1) is 0 Å². The SMILES string of the molecule is CCC(O)CC(c1ccccc1)c1cc2ccccc2[nH]1. The van der Waals surface area contributed by atoms with E-state index in [9.17, 15) is 5.11 Å². The highest BCUT2D eigenvalue weighted by molar-refractivity contribution is 5.80. The van der Waals surface area contributed by atoms with Gasteiger partial charge in [-0.3, -0.25) is 0 Å². The van der Waals surface area contributed by atoms with Crippen LogP contribution in [0.25, 0.3) is 10.9 Å². The number of para-hydroxylation sites is 1. The molecule has 0 aliphatic carbocycles. The van der Waals surface area contributed by atoms with Crippen LogP contribution in [-0.4, -0.2) is 16.2 Å². The van der Waals surface area contributed by atoms with Crippen LogP contribution < -0.4 is 0 Å². The fourth-order valence-electron chi connectivity index (χ4n) is 2.85. The predicted octanol–water partition coefficient (Wildman–Crippen LogP) is 4.46. The minimum atomic E-state index is -0.276. The van der Waals surface area contributed by atoms with Gasteiger partial charge in [0.25, 0.3) is 0 Å². The van der Waals surface area contributed by atoms with E-state index in [0.29, 0.717) is 0 Å². The molecule has 0 amide bonds. The van der Waals surface area contributed by atoms with E-state index in [0.717, 1.165) is 18.4 Å². The number of benzene rings is 2. The van der Waals surface area contributed by atoms with Crippen LogP contribution in [0.3, 0.4) is 0 Å². The van der Waals surface area contributed by atoms with E-state index >= 15 is 0 Å². The monoisotopic (exact) mass is 279 g/mol. The maximum atomic E-state index is 10.1. The van der Waals surface area contributed by atoms with Crippen LogP contribution in [0.2, 0.25) is 0 Å². The van der Waals surface area contributed by atoms with Crippen LogP contribution in [-0.2, 0) is 0 Å². The Balaban J connectivity index is 2.01. The molecule has 2 atom stereocenters. The van der Waals surface area contributed by atoms with Gasteiger partial charge < -0.3 is 10.1 Å². The van der Waals surface area contributed by atoms with Crippen LogP contribution in [0.5, 0.6) is 0 Å². The molecule has 0 saturated heterocycles. The lowest BCUT2D eigenvalue weighted by Gasteiger charge is -2.19. The maximum Gasteiger partial charge on any atom is 0.0547 e. The molecule has 2 nitrogen and oxygen atoms in total. The van der Waals surface area contributed by atoms with Crippen LogP contribution in [0.4, 0.5) is 0 Å². The van der Waals surface area contributed by atoms with Gasteiger partial charge >= 0.3 is 0 Å². The molecule has 108 valence electrons. The first-order valence-corrected chi connectivity index (χ1v) is 7.58. The zero-order valence-corrected chi connectivity index (χ0v) is 12.3. The third-order valence-corrected chi connectivity index (χ3v) is 4.11. The van der Waals surface area contributed by atoms with E-state index < -0.39 is 0 Å². The molecular weight excluding hydrogens is 258 g/mol. The zero-order valence-electron chi connectivity index (χ0n) is 12.3. The van der Waals surface area contributed by atoms with Crippen LogP contribution in [0.15, 0.2) is 60.7 Å². The van der Waals surface area contributed by atoms with Crippen molar-refractivity contribution in [3.63, 3.8) is 0 Å². The summed E-state index contributed by atoms with van der Waals surface area (Å²) in [4.78, 5) is 3.51. The normalized spacial score (nSPS) is 14.2. The second-order valence-electron chi connectivity index (χ2n) is 5.57. The van der Waals surface area contributed by atoms with Gasteiger partial charge in [-0.2, -0.15) is 0 Å². The highest BCUT2D eigenvalue weighted by atomic mass is 16.3. The summed E-state index contributed by atoms with van der Waals surface area (Å²) in [6.07, 6.45) is 1.25. The molecule has 1 heterocycles. The Kier molecular flexibility index (Phi) is 4.07. The average Bonchev–Trinajstić information content (AvgIpc) is 2.96. The van der Waals surface area contributed by atoms with E-state index in [1.54, 1.807) is 0 Å². The standard InChI is InChI=1S/C19H21NO/c1-2-16(21)13-17(14-8-4-3-5-9-14)19-12-15-10-6-7-11-18(15)20-19/h3-12,16-17,20-21H,2,13H2,1H3. The van der Waals surface area contributed by atoms with Gasteiger partial charge in [0.05, 0.1) is 6.10 Å². The first-order valence-electron chi connectivity index (χ1n) is 7.58. The van der Waals surface area contributed by atoms with Gasteiger partial charge in [0.1, 0.15) is 0 Å². The van der Waals surface area contributed by atoms with Crippen molar-refractivity contribution in [2.45, 2.75) is 31.8 Å². The fourth-order valence-corrected chi connectivity index (χ4v) is 2.85. The number of hydrogen-bond donors (Lipinski definition) is 2. The van der Waals surface area contributed by atoms with Gasteiger partial charge in [-0.25, -0.2) is 0 Å². The number of aliphatic hydroxyl groups excluding tert-OH is 1. The van der Waals surface area contributed by atoms with Crippen LogP contribution in [0.1, 0.15) is 36.9 Å². The van der Waals surface area contributed by atoms with E-state index in [1.807, 2.05) is 19.1 Å². The summed E-state index contributed by atoms with van der Waals surface area (Å²) in [5.74, 6) is 0.202. The molecule has 1 aromatic heterocycles. The lowest BCUT2D eigenvalue weighted by Crippen LogP contribution is -2.12. The molecule has 2 heteroatoms. The molecule has 2 N–H and O–H groups in total. The second kappa shape index (κ2) is 6.15. The highest BCUT2D eigenvalue weighted by Crippen LogP contribution is 2.31. The molecule has 2 unspecified atom stereocenters. The van der Waals surface area contributed by atoms with Gasteiger partial charge in [-0.05, 0) is 35.9 Å². The predicted molar refractivity (Wildman–Crippen MR) is 87.5 cm³/mol. The molecule has 0 spiro atoms. The molecule has 0 radical (unpaired) electrons. The zero-order chi connectivity index (χ0) is 14.7. The second-order valence-corrected chi connectivity index (χ2v) is 5.57. The van der Waals surface area contributed by atoms with Crippen LogP contribution in [0, 0.1) is 0 Å². The highest BCUT2D eigenvalue weighted by Gasteiger charge is 2.19. The lowest BCUT2D eigenvalue weighted by atomic mass is 9.89. The average molecular weight is 279 g/mol. The van der Waals surface area contributed by atoms with E-state index in [4.69, 9.17) is 0 Å². The Labute approximate surface area is 125 Å². The summed E-state index contributed by atoms with van der Waals surface area (Å²) in [6.45, 7) is 2.03. The van der Waals surface area contributed by atoms with Crippen molar-refractivity contribution < 1.29 is 5.11 Å². The van der Waals surface area contributed by atoms with Crippen molar-refractivity contribution in [3.8, 4) is 0 Å². The van der Waals surface area contributed by atoms with Crippen molar-refractivity contribution in [2.24, 2.45) is 0 Å². The Hall–Kier alpha value is -2.06. The lowest BCUT2D eigenvalue weighted by molar-refractivity contribution is 0.155. The summed E-state index contributed by atoms with van der Waals surface area (Å²) < 4.78 is 0. The van der Waals surface area contributed by atoms with Crippen molar-refractivity contribution in [3.05, 3.63) is 71.9 Å². The van der Waals surface area contributed by atoms with Gasteiger partial charge in [0.2, 0.25) is 0 Å². The summed E-state index contributed by atoms with van der Waals surface area (Å²) in [5.41, 5.74) is 3.57. The molecule has 21 heavy (non-hydrogen) atoms. The van der Waals surface area contributed by atoms with Gasteiger partial charge in [0.15, 0.2) is 0 Å². The van der Waals surface area contributed by atoms with Crippen molar-refractivity contribution in [1.29, 1.82) is 0 Å². The third kappa shape index (κ3) is 3.01. The van der Waals surface area contributed by atoms with Crippen molar-refractivity contribution >= 4 is 10.9 Å². The molecular formula is C19H21NO. The smallest absolute Gasteiger partial charge is 0.0547 e.